The van der Waals surface area contributed by atoms with Crippen LogP contribution in [0.2, 0.25) is 0 Å². The highest BCUT2D eigenvalue weighted by Crippen LogP contribution is 2.56. The molecule has 0 spiro atoms. The molecule has 1 aliphatic carbocycles. The Kier molecular flexibility index (Phi) is 4.72. The average molecular weight is 428 g/mol. The first-order chi connectivity index (χ1) is 15.1. The lowest BCUT2D eigenvalue weighted by molar-refractivity contribution is -0.141. The van der Waals surface area contributed by atoms with Gasteiger partial charge in [-0.15, -0.1) is 0 Å². The van der Waals surface area contributed by atoms with Gasteiger partial charge in [-0.25, -0.2) is 0 Å². The number of esters is 1. The van der Waals surface area contributed by atoms with Crippen LogP contribution >= 0.6 is 0 Å². The Morgan fingerprint density at radius 2 is 1.58 bits per heavy atom. The fraction of sp³-hybridized carbons (Fsp3) is 0.435. The van der Waals surface area contributed by atoms with Crippen LogP contribution in [0, 0.1) is 11.8 Å². The van der Waals surface area contributed by atoms with Crippen molar-refractivity contribution in [2.24, 2.45) is 11.8 Å². The van der Waals surface area contributed by atoms with E-state index in [0.29, 0.717) is 47.5 Å². The SMILES string of the molecule is COc1cc([C@H]2c3cc4c(c(OC)c3C[C@@H]3COC(=O)[C@@H]32)OCO4)cc(OC)c1OC. The lowest BCUT2D eigenvalue weighted by Gasteiger charge is -2.34. The van der Waals surface area contributed by atoms with Crippen LogP contribution < -0.4 is 28.4 Å². The van der Waals surface area contributed by atoms with Gasteiger partial charge >= 0.3 is 5.97 Å². The molecule has 31 heavy (non-hydrogen) atoms. The summed E-state index contributed by atoms with van der Waals surface area (Å²) in [5, 5.41) is 0. The molecule has 5 rings (SSSR count). The molecule has 3 atom stereocenters. The van der Waals surface area contributed by atoms with E-state index < -0.39 is 0 Å². The minimum Gasteiger partial charge on any atom is -0.493 e. The summed E-state index contributed by atoms with van der Waals surface area (Å²) >= 11 is 0. The van der Waals surface area contributed by atoms with Gasteiger partial charge in [0.2, 0.25) is 18.3 Å². The van der Waals surface area contributed by atoms with Gasteiger partial charge < -0.3 is 33.2 Å². The average Bonchev–Trinajstić information content (AvgIpc) is 3.41. The van der Waals surface area contributed by atoms with Crippen molar-refractivity contribution < 1.29 is 38.0 Å². The molecule has 0 N–H and O–H groups in total. The van der Waals surface area contributed by atoms with Crippen molar-refractivity contribution in [3.8, 4) is 34.5 Å². The second-order valence-electron chi connectivity index (χ2n) is 7.77. The molecule has 0 aromatic heterocycles. The molecular weight excluding hydrogens is 404 g/mol. The second kappa shape index (κ2) is 7.44. The van der Waals surface area contributed by atoms with Crippen molar-refractivity contribution >= 4 is 5.97 Å². The molecule has 1 fully saturated rings. The lowest BCUT2D eigenvalue weighted by Crippen LogP contribution is -2.32. The van der Waals surface area contributed by atoms with Gasteiger partial charge in [-0.1, -0.05) is 0 Å². The summed E-state index contributed by atoms with van der Waals surface area (Å²) in [5.41, 5.74) is 2.82. The highest BCUT2D eigenvalue weighted by atomic mass is 16.7. The molecule has 0 saturated carbocycles. The van der Waals surface area contributed by atoms with E-state index >= 15 is 0 Å². The van der Waals surface area contributed by atoms with Gasteiger partial charge in [0, 0.05) is 17.4 Å². The van der Waals surface area contributed by atoms with Crippen LogP contribution in [0.1, 0.15) is 22.6 Å². The van der Waals surface area contributed by atoms with Gasteiger partial charge in [0.1, 0.15) is 0 Å². The quantitative estimate of drug-likeness (QED) is 0.673. The summed E-state index contributed by atoms with van der Waals surface area (Å²) in [6, 6.07) is 5.73. The number of fused-ring (bicyclic) bond motifs is 3. The Morgan fingerprint density at radius 3 is 2.23 bits per heavy atom. The van der Waals surface area contributed by atoms with E-state index in [1.54, 1.807) is 28.4 Å². The second-order valence-corrected chi connectivity index (χ2v) is 7.77. The number of cyclic esters (lactones) is 1. The summed E-state index contributed by atoms with van der Waals surface area (Å²) in [5.74, 6) is 2.62. The summed E-state index contributed by atoms with van der Waals surface area (Å²) in [6.45, 7) is 0.514. The molecule has 0 bridgehead atoms. The molecule has 2 aromatic carbocycles. The highest BCUT2D eigenvalue weighted by Gasteiger charge is 2.49. The third-order valence-corrected chi connectivity index (χ3v) is 6.39. The van der Waals surface area contributed by atoms with E-state index in [-0.39, 0.29) is 30.5 Å². The minimum atomic E-state index is -0.333. The number of hydrogen-bond acceptors (Lipinski definition) is 8. The van der Waals surface area contributed by atoms with Crippen LogP contribution in [-0.2, 0) is 16.0 Å². The van der Waals surface area contributed by atoms with Crippen molar-refractivity contribution in [1.29, 1.82) is 0 Å². The first kappa shape index (κ1) is 19.7. The predicted molar refractivity (Wildman–Crippen MR) is 109 cm³/mol. The Balaban J connectivity index is 1.76. The van der Waals surface area contributed by atoms with E-state index in [9.17, 15) is 4.79 Å². The first-order valence-corrected chi connectivity index (χ1v) is 10.1. The zero-order valence-electron chi connectivity index (χ0n) is 17.9. The molecule has 0 radical (unpaired) electrons. The monoisotopic (exact) mass is 428 g/mol. The van der Waals surface area contributed by atoms with Crippen molar-refractivity contribution in [1.82, 2.24) is 0 Å². The van der Waals surface area contributed by atoms with E-state index in [1.165, 1.54) is 0 Å². The fourth-order valence-electron chi connectivity index (χ4n) is 5.07. The van der Waals surface area contributed by atoms with Gasteiger partial charge in [-0.05, 0) is 35.7 Å². The van der Waals surface area contributed by atoms with E-state index in [4.69, 9.17) is 33.2 Å². The Labute approximate surface area is 179 Å². The van der Waals surface area contributed by atoms with E-state index in [0.717, 1.165) is 16.7 Å². The number of carbonyl (C=O) groups is 1. The predicted octanol–water partition coefficient (Wildman–Crippen LogP) is 2.93. The molecule has 2 heterocycles. The standard InChI is InChI=1S/C23H24O8/c1-25-15-6-11(7-16(26-2)21(15)28-4)18-13-8-17-22(31-10-30-17)20(27-3)14(13)5-12-9-29-23(24)19(12)18/h6-8,12,18-19H,5,9-10H2,1-4H3/t12-,18+,19+/m1/s1. The number of benzene rings is 2. The maximum absolute atomic E-state index is 12.8. The maximum Gasteiger partial charge on any atom is 0.310 e. The number of carbonyl (C=O) groups excluding carboxylic acids is 1. The van der Waals surface area contributed by atoms with Crippen LogP contribution in [0.3, 0.4) is 0 Å². The fourth-order valence-corrected chi connectivity index (χ4v) is 5.07. The number of rotatable bonds is 5. The topological polar surface area (TPSA) is 81.7 Å². The molecular formula is C23H24O8. The summed E-state index contributed by atoms with van der Waals surface area (Å²) in [4.78, 5) is 12.8. The van der Waals surface area contributed by atoms with Crippen LogP contribution in [0.5, 0.6) is 34.5 Å². The largest absolute Gasteiger partial charge is 0.493 e. The van der Waals surface area contributed by atoms with Gasteiger partial charge in [0.25, 0.3) is 0 Å². The van der Waals surface area contributed by atoms with E-state index in [1.807, 2.05) is 18.2 Å². The molecule has 1 saturated heterocycles. The molecule has 8 nitrogen and oxygen atoms in total. The number of ether oxygens (including phenoxy) is 7. The summed E-state index contributed by atoms with van der Waals surface area (Å²) in [6.07, 6.45) is 0.659. The minimum absolute atomic E-state index is 0.0263. The van der Waals surface area contributed by atoms with Gasteiger partial charge in [-0.3, -0.25) is 4.79 Å². The molecule has 0 unspecified atom stereocenters. The van der Waals surface area contributed by atoms with Crippen molar-refractivity contribution in [3.63, 3.8) is 0 Å². The molecule has 8 heteroatoms. The van der Waals surface area contributed by atoms with Gasteiger partial charge in [-0.2, -0.15) is 0 Å². The normalized spacial score (nSPS) is 23.0. The molecule has 164 valence electrons. The van der Waals surface area contributed by atoms with Crippen molar-refractivity contribution in [2.45, 2.75) is 12.3 Å². The zero-order valence-corrected chi connectivity index (χ0v) is 17.9. The first-order valence-electron chi connectivity index (χ1n) is 10.1. The van der Waals surface area contributed by atoms with Gasteiger partial charge in [0.15, 0.2) is 23.0 Å². The smallest absolute Gasteiger partial charge is 0.310 e. The van der Waals surface area contributed by atoms with Crippen LogP contribution in [-0.4, -0.2) is 47.8 Å². The summed E-state index contributed by atoms with van der Waals surface area (Å²) in [7, 11) is 6.33. The molecule has 0 amide bonds. The highest BCUT2D eigenvalue weighted by molar-refractivity contribution is 5.79. The third-order valence-electron chi connectivity index (χ3n) is 6.39. The van der Waals surface area contributed by atoms with Crippen LogP contribution in [0.4, 0.5) is 0 Å². The maximum atomic E-state index is 12.8. The number of methoxy groups -OCH3 is 4. The van der Waals surface area contributed by atoms with Crippen molar-refractivity contribution in [2.75, 3.05) is 41.8 Å². The molecule has 2 aromatic rings. The molecule has 2 aliphatic heterocycles. The third kappa shape index (κ3) is 2.85. The van der Waals surface area contributed by atoms with Crippen LogP contribution in [0.15, 0.2) is 18.2 Å². The lowest BCUT2D eigenvalue weighted by atomic mass is 9.67. The Morgan fingerprint density at radius 1 is 0.871 bits per heavy atom. The zero-order chi connectivity index (χ0) is 21.7. The summed E-state index contributed by atoms with van der Waals surface area (Å²) < 4.78 is 39.2. The Bertz CT molecular complexity index is 1020. The van der Waals surface area contributed by atoms with E-state index in [2.05, 4.69) is 0 Å². The molecule has 3 aliphatic rings. The number of hydrogen-bond donors (Lipinski definition) is 0. The van der Waals surface area contributed by atoms with Crippen LogP contribution in [0.25, 0.3) is 0 Å². The Hall–Kier alpha value is -3.29. The van der Waals surface area contributed by atoms with Gasteiger partial charge in [0.05, 0.1) is 41.0 Å². The van der Waals surface area contributed by atoms with Crippen molar-refractivity contribution in [3.05, 3.63) is 34.9 Å².